The van der Waals surface area contributed by atoms with E-state index >= 15 is 0 Å². The summed E-state index contributed by atoms with van der Waals surface area (Å²) in [5.74, 6) is -0.0888. The summed E-state index contributed by atoms with van der Waals surface area (Å²) < 4.78 is 29.7. The van der Waals surface area contributed by atoms with Gasteiger partial charge in [0.2, 0.25) is 5.91 Å². The van der Waals surface area contributed by atoms with E-state index in [-0.39, 0.29) is 16.1 Å². The highest BCUT2D eigenvalue weighted by molar-refractivity contribution is 8.24. The molecule has 6 rings (SSSR count). The number of carbonyl (C=O) groups excluding carboxylic acids is 1. The molecule has 4 aromatic carbocycles. The van der Waals surface area contributed by atoms with Gasteiger partial charge in [-0.1, -0.05) is 90.7 Å². The van der Waals surface area contributed by atoms with E-state index in [0.29, 0.717) is 21.8 Å². The number of nitrogens with zero attached hydrogens (tertiary/aromatic N) is 1. The van der Waals surface area contributed by atoms with E-state index in [4.69, 9.17) is 12.2 Å². The molecule has 0 saturated carbocycles. The molecule has 0 aliphatic carbocycles. The van der Waals surface area contributed by atoms with Crippen molar-refractivity contribution in [3.8, 4) is 11.1 Å². The molecule has 1 aromatic heterocycles. The van der Waals surface area contributed by atoms with Crippen LogP contribution in [0.5, 0.6) is 0 Å². The van der Waals surface area contributed by atoms with E-state index in [1.165, 1.54) is 15.7 Å². The fourth-order valence-electron chi connectivity index (χ4n) is 4.67. The average molecular weight is 529 g/mol. The summed E-state index contributed by atoms with van der Waals surface area (Å²) >= 11 is 6.47. The van der Waals surface area contributed by atoms with Crippen LogP contribution in [0.2, 0.25) is 0 Å². The number of amides is 1. The monoisotopic (exact) mass is 528 g/mol. The van der Waals surface area contributed by atoms with Gasteiger partial charge >= 0.3 is 0 Å². The molecule has 178 valence electrons. The molecule has 1 aliphatic heterocycles. The van der Waals surface area contributed by atoms with E-state index in [1.54, 1.807) is 12.1 Å². The number of fused-ring (bicyclic) bond motifs is 3. The fourth-order valence-corrected chi connectivity index (χ4v) is 7.50. The molecule has 1 amide bonds. The van der Waals surface area contributed by atoms with Crippen molar-refractivity contribution in [3.63, 3.8) is 0 Å². The summed E-state index contributed by atoms with van der Waals surface area (Å²) in [5, 5.41) is 4.08. The van der Waals surface area contributed by atoms with Crippen molar-refractivity contribution >= 4 is 66.0 Å². The third-order valence-corrected chi connectivity index (χ3v) is 9.49. The fraction of sp³-hybridized carbons (Fsp3) is 0.0714. The van der Waals surface area contributed by atoms with E-state index in [0.717, 1.165) is 27.5 Å². The molecular weight excluding hydrogens is 509 g/mol. The quantitative estimate of drug-likeness (QED) is 0.294. The number of thiocarbonyl (C=S) groups is 1. The first kappa shape index (κ1) is 23.0. The molecule has 0 spiro atoms. The van der Waals surface area contributed by atoms with E-state index in [1.807, 2.05) is 84.9 Å². The van der Waals surface area contributed by atoms with Gasteiger partial charge in [-0.2, -0.15) is 0 Å². The molecule has 8 heteroatoms. The van der Waals surface area contributed by atoms with Crippen LogP contribution in [-0.2, 0) is 21.2 Å². The summed E-state index contributed by atoms with van der Waals surface area (Å²) in [5.41, 5.74) is 4.15. The van der Waals surface area contributed by atoms with Gasteiger partial charge in [-0.05, 0) is 53.4 Å². The van der Waals surface area contributed by atoms with Crippen LogP contribution in [0.3, 0.4) is 0 Å². The minimum Gasteiger partial charge on any atom is -0.311 e. The maximum Gasteiger partial charge on any atom is 0.268 e. The lowest BCUT2D eigenvalue weighted by Crippen LogP contribution is -2.25. The first-order chi connectivity index (χ1) is 17.4. The third-order valence-electron chi connectivity index (χ3n) is 6.38. The molecule has 0 radical (unpaired) electrons. The number of hydrogen-bond donors (Lipinski definition) is 1. The average Bonchev–Trinajstić information content (AvgIpc) is 3.40. The molecule has 36 heavy (non-hydrogen) atoms. The topological polar surface area (TPSA) is 68.2 Å². The molecule has 5 aromatic rings. The number of thioether (sulfide) groups is 1. The molecule has 1 unspecified atom stereocenters. The van der Waals surface area contributed by atoms with Crippen molar-refractivity contribution in [1.82, 2.24) is 9.29 Å². The van der Waals surface area contributed by atoms with Crippen molar-refractivity contribution < 1.29 is 13.2 Å². The zero-order chi connectivity index (χ0) is 24.9. The van der Waals surface area contributed by atoms with Crippen LogP contribution in [0.1, 0.15) is 5.56 Å². The van der Waals surface area contributed by atoms with E-state index in [9.17, 15) is 13.2 Å². The largest absolute Gasteiger partial charge is 0.311 e. The van der Waals surface area contributed by atoms with Gasteiger partial charge in [0, 0.05) is 10.8 Å². The standard InChI is InChI=1S/C28H20N2O3S3/c31-27-26(35-28(34)29-27)17-18-10-15-25-23(16-18)22-8-4-5-9-24(22)30(25)36(32,33)21-13-11-20(12-14-21)19-6-2-1-3-7-19/h1-16,26H,17H2,(H,29,31,34). The first-order valence-corrected chi connectivity index (χ1v) is 14.1. The van der Waals surface area contributed by atoms with Crippen LogP contribution < -0.4 is 5.32 Å². The van der Waals surface area contributed by atoms with Gasteiger partial charge < -0.3 is 5.32 Å². The Morgan fingerprint density at radius 3 is 2.19 bits per heavy atom. The summed E-state index contributed by atoms with van der Waals surface area (Å²) in [6.45, 7) is 0. The molecular formula is C28H20N2O3S3. The maximum atomic E-state index is 13.9. The Morgan fingerprint density at radius 2 is 1.47 bits per heavy atom. The number of aromatic nitrogens is 1. The molecule has 1 atom stereocenters. The Labute approximate surface area is 218 Å². The number of para-hydroxylation sites is 1. The van der Waals surface area contributed by atoms with Crippen molar-refractivity contribution in [2.75, 3.05) is 0 Å². The second-order valence-corrected chi connectivity index (χ2v) is 12.3. The minimum atomic E-state index is -3.87. The Bertz CT molecular complexity index is 1760. The summed E-state index contributed by atoms with van der Waals surface area (Å²) in [6, 6.07) is 30.0. The van der Waals surface area contributed by atoms with E-state index in [2.05, 4.69) is 5.32 Å². The van der Waals surface area contributed by atoms with Gasteiger partial charge in [0.25, 0.3) is 10.0 Å². The van der Waals surface area contributed by atoms with Gasteiger partial charge in [0.05, 0.1) is 21.2 Å². The van der Waals surface area contributed by atoms with Crippen LogP contribution in [0.25, 0.3) is 32.9 Å². The van der Waals surface area contributed by atoms with Crippen molar-refractivity contribution in [2.45, 2.75) is 16.6 Å². The second-order valence-electron chi connectivity index (χ2n) is 8.62. The Morgan fingerprint density at radius 1 is 0.806 bits per heavy atom. The predicted molar refractivity (Wildman–Crippen MR) is 150 cm³/mol. The normalized spacial score (nSPS) is 16.1. The zero-order valence-electron chi connectivity index (χ0n) is 18.9. The summed E-state index contributed by atoms with van der Waals surface area (Å²) in [4.78, 5) is 12.4. The molecule has 5 nitrogen and oxygen atoms in total. The van der Waals surface area contributed by atoms with Crippen LogP contribution in [0.15, 0.2) is 102 Å². The molecule has 1 saturated heterocycles. The van der Waals surface area contributed by atoms with Crippen molar-refractivity contribution in [2.24, 2.45) is 0 Å². The predicted octanol–water partition coefficient (Wildman–Crippen LogP) is 5.76. The molecule has 1 fully saturated rings. The lowest BCUT2D eigenvalue weighted by atomic mass is 10.1. The highest BCUT2D eigenvalue weighted by Gasteiger charge is 2.29. The molecule has 0 bridgehead atoms. The smallest absolute Gasteiger partial charge is 0.268 e. The number of carbonyl (C=O) groups is 1. The maximum absolute atomic E-state index is 13.9. The van der Waals surface area contributed by atoms with Crippen molar-refractivity contribution in [1.29, 1.82) is 0 Å². The van der Waals surface area contributed by atoms with Gasteiger partial charge in [0.15, 0.2) is 0 Å². The second kappa shape index (κ2) is 8.89. The van der Waals surface area contributed by atoms with Crippen molar-refractivity contribution in [3.05, 3.63) is 103 Å². The number of nitrogens with one attached hydrogen (secondary N) is 1. The van der Waals surface area contributed by atoms with Gasteiger partial charge in [-0.3, -0.25) is 4.79 Å². The Kier molecular flexibility index (Phi) is 5.67. The van der Waals surface area contributed by atoms with Gasteiger partial charge in [0.1, 0.15) is 4.32 Å². The van der Waals surface area contributed by atoms with E-state index < -0.39 is 10.0 Å². The summed E-state index contributed by atoms with van der Waals surface area (Å²) in [7, 11) is -3.87. The third kappa shape index (κ3) is 3.91. The lowest BCUT2D eigenvalue weighted by Gasteiger charge is -2.11. The zero-order valence-corrected chi connectivity index (χ0v) is 21.4. The van der Waals surface area contributed by atoms with Gasteiger partial charge in [-0.15, -0.1) is 0 Å². The number of benzene rings is 4. The highest BCUT2D eigenvalue weighted by atomic mass is 32.2. The first-order valence-electron chi connectivity index (χ1n) is 11.4. The summed E-state index contributed by atoms with van der Waals surface area (Å²) in [6.07, 6.45) is 0.514. The molecule has 2 heterocycles. The Hall–Kier alpha value is -3.46. The minimum absolute atomic E-state index is 0.0888. The van der Waals surface area contributed by atoms with Crippen LogP contribution >= 0.6 is 24.0 Å². The van der Waals surface area contributed by atoms with Gasteiger partial charge in [-0.25, -0.2) is 12.4 Å². The van der Waals surface area contributed by atoms with Crippen LogP contribution in [0, 0.1) is 0 Å². The van der Waals surface area contributed by atoms with Crippen LogP contribution in [0.4, 0.5) is 0 Å². The molecule has 1 aliphatic rings. The molecule has 1 N–H and O–H groups in total. The highest BCUT2D eigenvalue weighted by Crippen LogP contribution is 2.34. The number of rotatable bonds is 5. The SMILES string of the molecule is O=C1NC(=S)SC1Cc1ccc2c(c1)c1ccccc1n2S(=O)(=O)c1ccc(-c2ccccc2)cc1. The number of hydrogen-bond acceptors (Lipinski definition) is 5. The lowest BCUT2D eigenvalue weighted by molar-refractivity contribution is -0.118. The van der Waals surface area contributed by atoms with Crippen LogP contribution in [-0.4, -0.2) is 27.9 Å². The Balaban J connectivity index is 1.44.